The van der Waals surface area contributed by atoms with Gasteiger partial charge in [0.25, 0.3) is 5.91 Å². The molecule has 20 heavy (non-hydrogen) atoms. The van der Waals surface area contributed by atoms with Gasteiger partial charge in [-0.3, -0.25) is 14.5 Å². The van der Waals surface area contributed by atoms with Crippen LogP contribution in [0.5, 0.6) is 0 Å². The van der Waals surface area contributed by atoms with E-state index >= 15 is 0 Å². The minimum absolute atomic E-state index is 0.0883. The van der Waals surface area contributed by atoms with Gasteiger partial charge in [-0.2, -0.15) is 5.10 Å². The first-order chi connectivity index (χ1) is 9.40. The summed E-state index contributed by atoms with van der Waals surface area (Å²) in [6.07, 6.45) is 1.79. The quantitative estimate of drug-likeness (QED) is 0.932. The molecule has 0 fully saturated rings. The molecule has 0 aliphatic carbocycles. The summed E-state index contributed by atoms with van der Waals surface area (Å²) in [6.45, 7) is 7.63. The number of pyridine rings is 1. The van der Waals surface area contributed by atoms with Gasteiger partial charge in [0, 0.05) is 24.6 Å². The van der Waals surface area contributed by atoms with Crippen LogP contribution >= 0.6 is 0 Å². The van der Waals surface area contributed by atoms with Gasteiger partial charge in [0.2, 0.25) is 0 Å². The van der Waals surface area contributed by atoms with Crippen molar-refractivity contribution in [3.8, 4) is 0 Å². The summed E-state index contributed by atoms with van der Waals surface area (Å²) in [4.78, 5) is 16.6. The Labute approximate surface area is 119 Å². The van der Waals surface area contributed by atoms with Crippen LogP contribution in [0, 0.1) is 20.8 Å². The lowest BCUT2D eigenvalue weighted by atomic mass is 10.1. The number of aryl methyl sites for hydroxylation is 3. The number of carbonyl (C=O) groups is 1. The molecule has 0 aromatic carbocycles. The molecule has 5 heteroatoms. The molecule has 2 aromatic heterocycles. The molecule has 0 saturated heterocycles. The highest BCUT2D eigenvalue weighted by Crippen LogP contribution is 2.16. The second kappa shape index (κ2) is 5.45. The molecule has 0 spiro atoms. The average Bonchev–Trinajstić information content (AvgIpc) is 2.63. The first kappa shape index (κ1) is 14.2. The SMILES string of the molecule is Cc1ccc(C(C)NC(=O)c2c(C)nn(C)c2C)cn1. The molecule has 1 amide bonds. The van der Waals surface area contributed by atoms with Crippen LogP contribution in [0.15, 0.2) is 18.3 Å². The highest BCUT2D eigenvalue weighted by atomic mass is 16.1. The van der Waals surface area contributed by atoms with Crippen molar-refractivity contribution in [1.82, 2.24) is 20.1 Å². The van der Waals surface area contributed by atoms with E-state index in [9.17, 15) is 4.79 Å². The Kier molecular flexibility index (Phi) is 3.88. The van der Waals surface area contributed by atoms with E-state index in [4.69, 9.17) is 0 Å². The topological polar surface area (TPSA) is 59.8 Å². The maximum atomic E-state index is 12.4. The first-order valence-corrected chi connectivity index (χ1v) is 6.63. The molecule has 0 aliphatic rings. The van der Waals surface area contributed by atoms with Crippen LogP contribution in [0.4, 0.5) is 0 Å². The molecule has 1 unspecified atom stereocenters. The molecular weight excluding hydrogens is 252 g/mol. The fourth-order valence-corrected chi connectivity index (χ4v) is 2.19. The number of nitrogens with one attached hydrogen (secondary N) is 1. The van der Waals surface area contributed by atoms with Crippen LogP contribution in [0.1, 0.15) is 46.0 Å². The highest BCUT2D eigenvalue weighted by molar-refractivity contribution is 5.96. The number of hydrogen-bond donors (Lipinski definition) is 1. The van der Waals surface area contributed by atoms with Crippen molar-refractivity contribution in [2.24, 2.45) is 7.05 Å². The summed E-state index contributed by atoms with van der Waals surface area (Å²) < 4.78 is 1.72. The zero-order valence-electron chi connectivity index (χ0n) is 12.6. The van der Waals surface area contributed by atoms with Crippen molar-refractivity contribution < 1.29 is 4.79 Å². The lowest BCUT2D eigenvalue weighted by molar-refractivity contribution is 0.0938. The first-order valence-electron chi connectivity index (χ1n) is 6.63. The van der Waals surface area contributed by atoms with Gasteiger partial charge >= 0.3 is 0 Å². The van der Waals surface area contributed by atoms with Gasteiger partial charge < -0.3 is 5.32 Å². The van der Waals surface area contributed by atoms with E-state index in [0.717, 1.165) is 22.6 Å². The largest absolute Gasteiger partial charge is 0.345 e. The zero-order valence-corrected chi connectivity index (χ0v) is 12.6. The number of carbonyl (C=O) groups excluding carboxylic acids is 1. The van der Waals surface area contributed by atoms with Crippen molar-refractivity contribution in [1.29, 1.82) is 0 Å². The molecule has 1 atom stereocenters. The van der Waals surface area contributed by atoms with E-state index in [1.165, 1.54) is 0 Å². The van der Waals surface area contributed by atoms with E-state index in [1.807, 2.05) is 46.9 Å². The van der Waals surface area contributed by atoms with Crippen molar-refractivity contribution in [2.75, 3.05) is 0 Å². The lowest BCUT2D eigenvalue weighted by Crippen LogP contribution is -2.27. The summed E-state index contributed by atoms with van der Waals surface area (Å²) in [5, 5.41) is 7.26. The van der Waals surface area contributed by atoms with E-state index in [2.05, 4.69) is 15.4 Å². The van der Waals surface area contributed by atoms with Gasteiger partial charge in [-0.1, -0.05) is 6.07 Å². The van der Waals surface area contributed by atoms with Gasteiger partial charge in [0.15, 0.2) is 0 Å². The molecule has 0 radical (unpaired) electrons. The van der Waals surface area contributed by atoms with Gasteiger partial charge in [0.1, 0.15) is 0 Å². The molecular formula is C15H20N4O. The zero-order chi connectivity index (χ0) is 14.9. The second-order valence-electron chi connectivity index (χ2n) is 5.10. The minimum atomic E-state index is -0.0961. The minimum Gasteiger partial charge on any atom is -0.345 e. The number of hydrogen-bond acceptors (Lipinski definition) is 3. The van der Waals surface area contributed by atoms with E-state index in [1.54, 1.807) is 10.9 Å². The third kappa shape index (κ3) is 2.71. The monoisotopic (exact) mass is 272 g/mol. The van der Waals surface area contributed by atoms with Crippen molar-refractivity contribution >= 4 is 5.91 Å². The molecule has 2 aromatic rings. The molecule has 1 N–H and O–H groups in total. The lowest BCUT2D eigenvalue weighted by Gasteiger charge is -2.14. The smallest absolute Gasteiger partial charge is 0.255 e. The standard InChI is InChI=1S/C15H20N4O/c1-9-6-7-13(8-16-9)10(2)17-15(20)14-11(3)18-19(5)12(14)4/h6-8,10H,1-5H3,(H,17,20). The molecule has 0 aliphatic heterocycles. The van der Waals surface area contributed by atoms with Crippen LogP contribution in [-0.2, 0) is 7.05 Å². The van der Waals surface area contributed by atoms with E-state index in [0.29, 0.717) is 5.56 Å². The number of aromatic nitrogens is 3. The summed E-state index contributed by atoms with van der Waals surface area (Å²) in [6, 6.07) is 3.84. The predicted molar refractivity (Wildman–Crippen MR) is 77.5 cm³/mol. The summed E-state index contributed by atoms with van der Waals surface area (Å²) in [7, 11) is 1.84. The van der Waals surface area contributed by atoms with Gasteiger partial charge in [0.05, 0.1) is 17.3 Å². The Bertz CT molecular complexity index is 628. The second-order valence-corrected chi connectivity index (χ2v) is 5.10. The summed E-state index contributed by atoms with van der Waals surface area (Å²) in [5.74, 6) is -0.0961. The fourth-order valence-electron chi connectivity index (χ4n) is 2.19. The molecule has 2 heterocycles. The van der Waals surface area contributed by atoms with Crippen LogP contribution in [0.25, 0.3) is 0 Å². The fraction of sp³-hybridized carbons (Fsp3) is 0.400. The van der Waals surface area contributed by atoms with E-state index in [-0.39, 0.29) is 11.9 Å². The Morgan fingerprint density at radius 2 is 2.00 bits per heavy atom. The third-order valence-corrected chi connectivity index (χ3v) is 3.52. The third-order valence-electron chi connectivity index (χ3n) is 3.52. The predicted octanol–water partition coefficient (Wildman–Crippen LogP) is 2.23. The van der Waals surface area contributed by atoms with E-state index < -0.39 is 0 Å². The number of nitrogens with zero attached hydrogens (tertiary/aromatic N) is 3. The Hall–Kier alpha value is -2.17. The summed E-state index contributed by atoms with van der Waals surface area (Å²) in [5.41, 5.74) is 4.22. The molecule has 106 valence electrons. The molecule has 0 bridgehead atoms. The van der Waals surface area contributed by atoms with Gasteiger partial charge in [-0.25, -0.2) is 0 Å². The van der Waals surface area contributed by atoms with Crippen molar-refractivity contribution in [2.45, 2.75) is 33.7 Å². The normalized spacial score (nSPS) is 12.2. The molecule has 2 rings (SSSR count). The molecule has 5 nitrogen and oxygen atoms in total. The average molecular weight is 272 g/mol. The van der Waals surface area contributed by atoms with Gasteiger partial charge in [-0.15, -0.1) is 0 Å². The maximum absolute atomic E-state index is 12.4. The van der Waals surface area contributed by atoms with Gasteiger partial charge in [-0.05, 0) is 39.3 Å². The molecule has 0 saturated carbocycles. The van der Waals surface area contributed by atoms with Crippen molar-refractivity contribution in [3.63, 3.8) is 0 Å². The van der Waals surface area contributed by atoms with Crippen LogP contribution < -0.4 is 5.32 Å². The Morgan fingerprint density at radius 1 is 1.30 bits per heavy atom. The summed E-state index contributed by atoms with van der Waals surface area (Å²) >= 11 is 0. The Morgan fingerprint density at radius 3 is 2.50 bits per heavy atom. The Balaban J connectivity index is 2.17. The highest BCUT2D eigenvalue weighted by Gasteiger charge is 2.19. The number of amides is 1. The van der Waals surface area contributed by atoms with Crippen molar-refractivity contribution in [3.05, 3.63) is 46.5 Å². The van der Waals surface area contributed by atoms with Crippen LogP contribution in [0.3, 0.4) is 0 Å². The van der Waals surface area contributed by atoms with Crippen LogP contribution in [-0.4, -0.2) is 20.7 Å². The van der Waals surface area contributed by atoms with Crippen LogP contribution in [0.2, 0.25) is 0 Å². The maximum Gasteiger partial charge on any atom is 0.255 e. The number of rotatable bonds is 3.